The highest BCUT2D eigenvalue weighted by molar-refractivity contribution is 5.85. The molecule has 0 saturated heterocycles. The molecule has 98 valence electrons. The second-order valence-electron chi connectivity index (χ2n) is 3.66. The lowest BCUT2D eigenvalue weighted by molar-refractivity contribution is 0.369. The van der Waals surface area contributed by atoms with Crippen LogP contribution in [0.1, 0.15) is 31.4 Å². The Kier molecular flexibility index (Phi) is 6.76. The molecule has 0 radical (unpaired) electrons. The lowest BCUT2D eigenvalue weighted by atomic mass is 10.0. The van der Waals surface area contributed by atoms with Gasteiger partial charge in [0.15, 0.2) is 0 Å². The monoisotopic (exact) mass is 261 g/mol. The molecule has 0 aliphatic carbocycles. The Bertz CT molecular complexity index is 333. The predicted molar refractivity (Wildman–Crippen MR) is 70.3 cm³/mol. The Labute approximate surface area is 108 Å². The molecule has 17 heavy (non-hydrogen) atoms. The molecule has 1 aromatic rings. The SMILES string of the molecule is CCC[C@H](N)c1c(OC)cc(O)cc1OC.Cl. The average Bonchev–Trinajstić information content (AvgIpc) is 2.27. The van der Waals surface area contributed by atoms with Crippen LogP contribution in [0.2, 0.25) is 0 Å². The Morgan fingerprint density at radius 3 is 2.06 bits per heavy atom. The minimum absolute atomic E-state index is 0. The van der Waals surface area contributed by atoms with E-state index in [-0.39, 0.29) is 24.2 Å². The molecule has 0 unspecified atom stereocenters. The quantitative estimate of drug-likeness (QED) is 0.855. The summed E-state index contributed by atoms with van der Waals surface area (Å²) in [5.41, 5.74) is 6.88. The van der Waals surface area contributed by atoms with E-state index in [0.717, 1.165) is 18.4 Å². The molecule has 1 rings (SSSR count). The molecule has 0 aliphatic rings. The number of hydrogen-bond acceptors (Lipinski definition) is 4. The molecule has 1 atom stereocenters. The topological polar surface area (TPSA) is 64.7 Å². The van der Waals surface area contributed by atoms with E-state index in [9.17, 15) is 5.11 Å². The van der Waals surface area contributed by atoms with Gasteiger partial charge >= 0.3 is 0 Å². The van der Waals surface area contributed by atoms with E-state index in [1.165, 1.54) is 0 Å². The number of aromatic hydroxyl groups is 1. The minimum atomic E-state index is -0.143. The van der Waals surface area contributed by atoms with Gasteiger partial charge in [-0.2, -0.15) is 0 Å². The number of halogens is 1. The first-order valence-corrected chi connectivity index (χ1v) is 5.34. The first-order valence-electron chi connectivity index (χ1n) is 5.34. The standard InChI is InChI=1S/C12H19NO3.ClH/c1-4-5-9(13)12-10(15-2)6-8(14)7-11(12)16-3;/h6-7,9,14H,4-5,13H2,1-3H3;1H/t9-;/m0./s1. The van der Waals surface area contributed by atoms with Crippen molar-refractivity contribution in [3.8, 4) is 17.2 Å². The maximum absolute atomic E-state index is 9.49. The third-order valence-electron chi connectivity index (χ3n) is 2.50. The minimum Gasteiger partial charge on any atom is -0.508 e. The molecule has 5 heteroatoms. The fraction of sp³-hybridized carbons (Fsp3) is 0.500. The van der Waals surface area contributed by atoms with E-state index in [4.69, 9.17) is 15.2 Å². The number of methoxy groups -OCH3 is 2. The number of hydrogen-bond donors (Lipinski definition) is 2. The van der Waals surface area contributed by atoms with Gasteiger partial charge in [0.2, 0.25) is 0 Å². The fourth-order valence-corrected chi connectivity index (χ4v) is 1.75. The van der Waals surface area contributed by atoms with Crippen LogP contribution in [0.5, 0.6) is 17.2 Å². The summed E-state index contributed by atoms with van der Waals surface area (Å²) in [6.07, 6.45) is 1.83. The summed E-state index contributed by atoms with van der Waals surface area (Å²) in [5, 5.41) is 9.49. The number of rotatable bonds is 5. The van der Waals surface area contributed by atoms with Gasteiger partial charge in [0, 0.05) is 18.2 Å². The number of phenolic OH excluding ortho intramolecular Hbond substituents is 1. The van der Waals surface area contributed by atoms with E-state index in [0.29, 0.717) is 11.5 Å². The fourth-order valence-electron chi connectivity index (χ4n) is 1.75. The van der Waals surface area contributed by atoms with Crippen molar-refractivity contribution in [1.29, 1.82) is 0 Å². The van der Waals surface area contributed by atoms with Crippen LogP contribution in [0.3, 0.4) is 0 Å². The second kappa shape index (κ2) is 7.25. The molecule has 0 aromatic heterocycles. The van der Waals surface area contributed by atoms with Gasteiger partial charge < -0.3 is 20.3 Å². The molecular formula is C12H20ClNO3. The highest BCUT2D eigenvalue weighted by Crippen LogP contribution is 2.38. The van der Waals surface area contributed by atoms with Crippen molar-refractivity contribution in [2.45, 2.75) is 25.8 Å². The van der Waals surface area contributed by atoms with Crippen LogP contribution in [0.4, 0.5) is 0 Å². The summed E-state index contributed by atoms with van der Waals surface area (Å²) in [6.45, 7) is 2.07. The molecule has 1 aromatic carbocycles. The Morgan fingerprint density at radius 2 is 1.71 bits per heavy atom. The van der Waals surface area contributed by atoms with E-state index in [1.807, 2.05) is 0 Å². The molecule has 3 N–H and O–H groups in total. The average molecular weight is 262 g/mol. The molecule has 0 saturated carbocycles. The first-order chi connectivity index (χ1) is 7.63. The number of phenols is 1. The smallest absolute Gasteiger partial charge is 0.131 e. The van der Waals surface area contributed by atoms with Crippen LogP contribution < -0.4 is 15.2 Å². The van der Waals surface area contributed by atoms with Crippen molar-refractivity contribution in [2.24, 2.45) is 5.73 Å². The summed E-state index contributed by atoms with van der Waals surface area (Å²) in [6, 6.07) is 2.95. The van der Waals surface area contributed by atoms with Crippen molar-refractivity contribution in [3.05, 3.63) is 17.7 Å². The molecule has 4 nitrogen and oxygen atoms in total. The van der Waals surface area contributed by atoms with Crippen molar-refractivity contribution in [2.75, 3.05) is 14.2 Å². The third kappa shape index (κ3) is 3.68. The molecular weight excluding hydrogens is 242 g/mol. The maximum atomic E-state index is 9.49. The Balaban J connectivity index is 0.00000256. The van der Waals surface area contributed by atoms with Gasteiger partial charge in [0.05, 0.1) is 19.8 Å². The second-order valence-corrected chi connectivity index (χ2v) is 3.66. The first kappa shape index (κ1) is 15.9. The van der Waals surface area contributed by atoms with E-state index >= 15 is 0 Å². The molecule has 0 fully saturated rings. The Morgan fingerprint density at radius 1 is 1.24 bits per heavy atom. The normalized spacial score (nSPS) is 11.5. The van der Waals surface area contributed by atoms with Gasteiger partial charge in [-0.1, -0.05) is 13.3 Å². The predicted octanol–water partition coefficient (Wildman–Crippen LogP) is 2.63. The summed E-state index contributed by atoms with van der Waals surface area (Å²) in [5.74, 6) is 1.25. The molecule has 0 aliphatic heterocycles. The Hall–Kier alpha value is -1.13. The largest absolute Gasteiger partial charge is 0.508 e. The summed E-state index contributed by atoms with van der Waals surface area (Å²) < 4.78 is 10.4. The van der Waals surface area contributed by atoms with Gasteiger partial charge in [-0.15, -0.1) is 12.4 Å². The third-order valence-corrected chi connectivity index (χ3v) is 2.50. The molecule has 0 amide bonds. The highest BCUT2D eigenvalue weighted by Gasteiger charge is 2.18. The van der Waals surface area contributed by atoms with Crippen molar-refractivity contribution in [3.63, 3.8) is 0 Å². The van der Waals surface area contributed by atoms with Crippen LogP contribution in [-0.4, -0.2) is 19.3 Å². The van der Waals surface area contributed by atoms with Crippen molar-refractivity contribution >= 4 is 12.4 Å². The van der Waals surface area contributed by atoms with Gasteiger partial charge in [0.25, 0.3) is 0 Å². The molecule has 0 bridgehead atoms. The summed E-state index contributed by atoms with van der Waals surface area (Å²) in [7, 11) is 3.10. The van der Waals surface area contributed by atoms with Crippen molar-refractivity contribution in [1.82, 2.24) is 0 Å². The van der Waals surface area contributed by atoms with Crippen LogP contribution in [0, 0.1) is 0 Å². The lowest BCUT2D eigenvalue weighted by Gasteiger charge is -2.18. The number of ether oxygens (including phenoxy) is 2. The van der Waals surface area contributed by atoms with Gasteiger partial charge in [-0.3, -0.25) is 0 Å². The van der Waals surface area contributed by atoms with Gasteiger partial charge in [-0.05, 0) is 6.42 Å². The maximum Gasteiger partial charge on any atom is 0.131 e. The molecule has 0 heterocycles. The van der Waals surface area contributed by atoms with E-state index in [1.54, 1.807) is 26.4 Å². The zero-order valence-electron chi connectivity index (χ0n) is 10.4. The van der Waals surface area contributed by atoms with Crippen LogP contribution in [0.25, 0.3) is 0 Å². The highest BCUT2D eigenvalue weighted by atomic mass is 35.5. The number of nitrogens with two attached hydrogens (primary N) is 1. The zero-order valence-corrected chi connectivity index (χ0v) is 11.2. The van der Waals surface area contributed by atoms with Crippen molar-refractivity contribution < 1.29 is 14.6 Å². The van der Waals surface area contributed by atoms with Crippen LogP contribution in [-0.2, 0) is 0 Å². The van der Waals surface area contributed by atoms with Gasteiger partial charge in [0.1, 0.15) is 17.2 Å². The number of benzene rings is 1. The molecule has 0 spiro atoms. The van der Waals surface area contributed by atoms with E-state index in [2.05, 4.69) is 6.92 Å². The summed E-state index contributed by atoms with van der Waals surface area (Å²) in [4.78, 5) is 0. The van der Waals surface area contributed by atoms with E-state index < -0.39 is 0 Å². The zero-order chi connectivity index (χ0) is 12.1. The van der Waals surface area contributed by atoms with Gasteiger partial charge in [-0.25, -0.2) is 0 Å². The lowest BCUT2D eigenvalue weighted by Crippen LogP contribution is -2.12. The summed E-state index contributed by atoms with van der Waals surface area (Å²) >= 11 is 0. The van der Waals surface area contributed by atoms with Crippen LogP contribution >= 0.6 is 12.4 Å². The van der Waals surface area contributed by atoms with Crippen LogP contribution in [0.15, 0.2) is 12.1 Å².